The molecule has 0 aliphatic heterocycles. The summed E-state index contributed by atoms with van der Waals surface area (Å²) >= 11 is 4.06. The standard InChI is InChI=1S/C21H26N2S2/c1-4-17-7-8-19-14-20(10-9-18(19)13-17)21(24-5-2,25-6-3)15-23-12-11-22-16-23/h7-14,16H,4-6,15H2,1-3H3. The largest absolute Gasteiger partial charge is 0.335 e. The Kier molecular flexibility index (Phi) is 6.13. The summed E-state index contributed by atoms with van der Waals surface area (Å²) < 4.78 is 2.22. The maximum atomic E-state index is 4.23. The van der Waals surface area contributed by atoms with Crippen LogP contribution in [0.25, 0.3) is 10.8 Å². The van der Waals surface area contributed by atoms with Crippen molar-refractivity contribution in [2.75, 3.05) is 11.5 Å². The number of aromatic nitrogens is 2. The lowest BCUT2D eigenvalue weighted by molar-refractivity contribution is 0.649. The first-order chi connectivity index (χ1) is 12.2. The van der Waals surface area contributed by atoms with E-state index in [-0.39, 0.29) is 4.08 Å². The van der Waals surface area contributed by atoms with Crippen LogP contribution < -0.4 is 0 Å². The van der Waals surface area contributed by atoms with E-state index >= 15 is 0 Å². The smallest absolute Gasteiger partial charge is 0.104 e. The van der Waals surface area contributed by atoms with Gasteiger partial charge in [0.05, 0.1) is 12.9 Å². The molecule has 1 aromatic heterocycles. The fourth-order valence-electron chi connectivity index (χ4n) is 3.23. The first kappa shape index (κ1) is 18.4. The molecule has 25 heavy (non-hydrogen) atoms. The van der Waals surface area contributed by atoms with Crippen molar-refractivity contribution >= 4 is 34.3 Å². The number of aryl methyl sites for hydroxylation is 1. The van der Waals surface area contributed by atoms with Crippen molar-refractivity contribution in [1.82, 2.24) is 9.55 Å². The molecule has 132 valence electrons. The molecular weight excluding hydrogens is 344 g/mol. The highest BCUT2D eigenvalue weighted by Gasteiger charge is 2.33. The van der Waals surface area contributed by atoms with Gasteiger partial charge >= 0.3 is 0 Å². The lowest BCUT2D eigenvalue weighted by Gasteiger charge is -2.33. The van der Waals surface area contributed by atoms with Crippen LogP contribution in [0.15, 0.2) is 55.1 Å². The van der Waals surface area contributed by atoms with E-state index in [9.17, 15) is 0 Å². The van der Waals surface area contributed by atoms with Crippen molar-refractivity contribution < 1.29 is 0 Å². The van der Waals surface area contributed by atoms with Gasteiger partial charge in [-0.3, -0.25) is 0 Å². The van der Waals surface area contributed by atoms with Gasteiger partial charge < -0.3 is 4.57 Å². The fraction of sp³-hybridized carbons (Fsp3) is 0.381. The average molecular weight is 371 g/mol. The highest BCUT2D eigenvalue weighted by atomic mass is 32.2. The summed E-state index contributed by atoms with van der Waals surface area (Å²) in [5.41, 5.74) is 2.80. The van der Waals surface area contributed by atoms with Crippen LogP contribution in [-0.4, -0.2) is 21.1 Å². The molecule has 4 heteroatoms. The number of fused-ring (bicyclic) bond motifs is 1. The Balaban J connectivity index is 2.05. The van der Waals surface area contributed by atoms with Crippen molar-refractivity contribution in [2.24, 2.45) is 0 Å². The fourth-order valence-corrected chi connectivity index (χ4v) is 6.27. The molecule has 0 N–H and O–H groups in total. The number of hydrogen-bond donors (Lipinski definition) is 0. The summed E-state index contributed by atoms with van der Waals surface area (Å²) in [6.45, 7) is 7.64. The third-order valence-electron chi connectivity index (χ3n) is 4.46. The van der Waals surface area contributed by atoms with E-state index in [2.05, 4.69) is 72.9 Å². The third-order valence-corrected chi connectivity index (χ3v) is 7.40. The molecule has 0 saturated heterocycles. The minimum atomic E-state index is 0.0157. The lowest BCUT2D eigenvalue weighted by atomic mass is 10.0. The maximum Gasteiger partial charge on any atom is 0.104 e. The summed E-state index contributed by atoms with van der Waals surface area (Å²) in [6, 6.07) is 13.8. The van der Waals surface area contributed by atoms with Gasteiger partial charge in [0.25, 0.3) is 0 Å². The van der Waals surface area contributed by atoms with E-state index in [4.69, 9.17) is 0 Å². The topological polar surface area (TPSA) is 17.8 Å². The summed E-state index contributed by atoms with van der Waals surface area (Å²) in [5.74, 6) is 2.18. The molecular formula is C21H26N2S2. The predicted molar refractivity (Wildman–Crippen MR) is 113 cm³/mol. The van der Waals surface area contributed by atoms with Gasteiger partial charge in [0.2, 0.25) is 0 Å². The molecule has 1 heterocycles. The van der Waals surface area contributed by atoms with E-state index < -0.39 is 0 Å². The molecule has 0 spiro atoms. The van der Waals surface area contributed by atoms with Crippen molar-refractivity contribution in [1.29, 1.82) is 0 Å². The van der Waals surface area contributed by atoms with Gasteiger partial charge in [-0.15, -0.1) is 23.5 Å². The molecule has 0 amide bonds. The monoisotopic (exact) mass is 370 g/mol. The van der Waals surface area contributed by atoms with Gasteiger partial charge in [-0.1, -0.05) is 51.1 Å². The quantitative estimate of drug-likeness (QED) is 0.456. The number of nitrogens with zero attached hydrogens (tertiary/aromatic N) is 2. The molecule has 2 aromatic carbocycles. The SMILES string of the molecule is CCSC(Cn1ccnc1)(SCC)c1ccc2cc(CC)ccc2c1. The van der Waals surface area contributed by atoms with E-state index in [0.29, 0.717) is 0 Å². The van der Waals surface area contributed by atoms with E-state index in [1.165, 1.54) is 21.9 Å². The zero-order chi connectivity index (χ0) is 17.7. The van der Waals surface area contributed by atoms with Gasteiger partial charge in [0.15, 0.2) is 0 Å². The summed E-state index contributed by atoms with van der Waals surface area (Å²) in [4.78, 5) is 4.23. The Hall–Kier alpha value is -1.39. The molecule has 0 radical (unpaired) electrons. The summed E-state index contributed by atoms with van der Waals surface area (Å²) in [7, 11) is 0. The van der Waals surface area contributed by atoms with Crippen molar-refractivity contribution in [2.45, 2.75) is 37.8 Å². The van der Waals surface area contributed by atoms with Gasteiger partial charge in [0, 0.05) is 12.4 Å². The van der Waals surface area contributed by atoms with Crippen molar-refractivity contribution in [3.05, 3.63) is 66.2 Å². The minimum Gasteiger partial charge on any atom is -0.335 e. The third kappa shape index (κ3) is 4.06. The van der Waals surface area contributed by atoms with E-state index in [0.717, 1.165) is 24.5 Å². The van der Waals surface area contributed by atoms with Crippen LogP contribution in [0.4, 0.5) is 0 Å². The van der Waals surface area contributed by atoms with Crippen LogP contribution in [0, 0.1) is 0 Å². The first-order valence-electron chi connectivity index (χ1n) is 8.97. The molecule has 0 aliphatic rings. The normalized spacial score (nSPS) is 12.0. The maximum absolute atomic E-state index is 4.23. The highest BCUT2D eigenvalue weighted by Crippen LogP contribution is 2.48. The number of rotatable bonds is 8. The molecule has 2 nitrogen and oxygen atoms in total. The van der Waals surface area contributed by atoms with Crippen LogP contribution in [-0.2, 0) is 17.0 Å². The zero-order valence-corrected chi connectivity index (χ0v) is 16.9. The molecule has 0 unspecified atom stereocenters. The van der Waals surface area contributed by atoms with Gasteiger partial charge in [0.1, 0.15) is 4.08 Å². The van der Waals surface area contributed by atoms with Crippen LogP contribution in [0.2, 0.25) is 0 Å². The van der Waals surface area contributed by atoms with Gasteiger partial charge in [-0.25, -0.2) is 4.98 Å². The molecule has 3 aromatic rings. The number of thioether (sulfide) groups is 2. The Bertz CT molecular complexity index is 806. The Morgan fingerprint density at radius 1 is 0.960 bits per heavy atom. The summed E-state index contributed by atoms with van der Waals surface area (Å²) in [5, 5.41) is 2.67. The second kappa shape index (κ2) is 8.33. The molecule has 0 saturated carbocycles. The highest BCUT2D eigenvalue weighted by molar-refractivity contribution is 8.17. The van der Waals surface area contributed by atoms with E-state index in [1.54, 1.807) is 0 Å². The van der Waals surface area contributed by atoms with Gasteiger partial charge in [-0.2, -0.15) is 0 Å². The van der Waals surface area contributed by atoms with Crippen LogP contribution in [0.1, 0.15) is 31.9 Å². The number of benzene rings is 2. The average Bonchev–Trinajstić information content (AvgIpc) is 3.14. The Labute approximate surface area is 159 Å². The summed E-state index contributed by atoms with van der Waals surface area (Å²) in [6.07, 6.45) is 6.94. The molecule has 0 fully saturated rings. The number of imidazole rings is 1. The van der Waals surface area contributed by atoms with Crippen LogP contribution >= 0.6 is 23.5 Å². The lowest BCUT2D eigenvalue weighted by Crippen LogP contribution is -2.25. The number of hydrogen-bond acceptors (Lipinski definition) is 3. The Morgan fingerprint density at radius 3 is 2.32 bits per heavy atom. The minimum absolute atomic E-state index is 0.0157. The van der Waals surface area contributed by atoms with Crippen molar-refractivity contribution in [3.8, 4) is 0 Å². The molecule has 0 aliphatic carbocycles. The zero-order valence-electron chi connectivity index (χ0n) is 15.2. The predicted octanol–water partition coefficient (Wildman–Crippen LogP) is 5.96. The second-order valence-electron chi connectivity index (χ2n) is 6.10. The van der Waals surface area contributed by atoms with Gasteiger partial charge in [-0.05, 0) is 45.9 Å². The second-order valence-corrected chi connectivity index (χ2v) is 9.49. The van der Waals surface area contributed by atoms with Crippen LogP contribution in [0.3, 0.4) is 0 Å². The molecule has 0 bridgehead atoms. The molecule has 3 rings (SSSR count). The van der Waals surface area contributed by atoms with E-state index in [1.807, 2.05) is 36.0 Å². The van der Waals surface area contributed by atoms with Crippen LogP contribution in [0.5, 0.6) is 0 Å². The molecule has 0 atom stereocenters. The first-order valence-corrected chi connectivity index (χ1v) is 10.9. The Morgan fingerprint density at radius 2 is 1.68 bits per heavy atom. The van der Waals surface area contributed by atoms with Crippen molar-refractivity contribution in [3.63, 3.8) is 0 Å².